The van der Waals surface area contributed by atoms with E-state index in [2.05, 4.69) is 26.0 Å². The van der Waals surface area contributed by atoms with Gasteiger partial charge in [-0.15, -0.1) is 11.8 Å². The molecule has 184 valence electrons. The van der Waals surface area contributed by atoms with Gasteiger partial charge >= 0.3 is 11.8 Å². The minimum absolute atomic E-state index is 0.0442. The number of H-pyrrole nitrogens is 1. The zero-order valence-electron chi connectivity index (χ0n) is 18.2. The number of amides is 3. The molecule has 1 aliphatic heterocycles. The lowest BCUT2D eigenvalue weighted by atomic mass is 9.71. The number of nitriles is 1. The van der Waals surface area contributed by atoms with Gasteiger partial charge in [0.25, 0.3) is 5.92 Å². The molecule has 3 amide bonds. The minimum Gasteiger partial charge on any atom is -0.336 e. The summed E-state index contributed by atoms with van der Waals surface area (Å²) in [5.74, 6) is -5.83. The molecule has 14 heteroatoms. The van der Waals surface area contributed by atoms with Crippen LogP contribution in [0.15, 0.2) is 24.4 Å². The fraction of sp³-hybridized carbons (Fsp3) is 0.429. The molecule has 10 nitrogen and oxygen atoms in total. The van der Waals surface area contributed by atoms with Gasteiger partial charge in [-0.05, 0) is 24.6 Å². The van der Waals surface area contributed by atoms with Gasteiger partial charge < -0.3 is 15.5 Å². The van der Waals surface area contributed by atoms with Crippen LogP contribution in [0.2, 0.25) is 0 Å². The maximum atomic E-state index is 13.6. The number of aromatic amines is 1. The Hall–Kier alpha value is -3.60. The molecule has 0 radical (unpaired) electrons. The largest absolute Gasteiger partial charge is 0.336 e. The minimum atomic E-state index is -2.98. The van der Waals surface area contributed by atoms with Crippen molar-refractivity contribution in [1.29, 1.82) is 5.26 Å². The second-order valence-electron chi connectivity index (χ2n) is 8.43. The summed E-state index contributed by atoms with van der Waals surface area (Å²) < 4.78 is 40.6. The molecule has 2 heterocycles. The van der Waals surface area contributed by atoms with Crippen LogP contribution in [0.5, 0.6) is 0 Å². The average Bonchev–Trinajstić information content (AvgIpc) is 3.49. The summed E-state index contributed by atoms with van der Waals surface area (Å²) >= 11 is 1.29. The lowest BCUT2D eigenvalue weighted by Crippen LogP contribution is -2.62. The molecule has 2 aliphatic rings. The van der Waals surface area contributed by atoms with E-state index >= 15 is 0 Å². The number of nitrogens with one attached hydrogen (secondary N) is 3. The monoisotopic (exact) mass is 507 g/mol. The van der Waals surface area contributed by atoms with Crippen molar-refractivity contribution >= 4 is 35.2 Å². The number of carbonyl (C=O) groups is 3. The summed E-state index contributed by atoms with van der Waals surface area (Å²) in [6, 6.07) is 5.36. The topological polar surface area (TPSA) is 144 Å². The molecule has 2 fully saturated rings. The molecule has 4 rings (SSSR count). The molecule has 35 heavy (non-hydrogen) atoms. The van der Waals surface area contributed by atoms with Crippen LogP contribution in [0.4, 0.5) is 18.9 Å². The SMILES string of the molecule is N#Cc1cc(NC(=O)CSC2CCN(C(=O)C(=O)NC3(c4cn[nH]n4)CC(F)(F)C3)C2)ccc1F. The fourth-order valence-electron chi connectivity index (χ4n) is 4.14. The smallest absolute Gasteiger partial charge is 0.311 e. The molecule has 1 atom stereocenters. The summed E-state index contributed by atoms with van der Waals surface area (Å²) in [6.07, 6.45) is 0.422. The third kappa shape index (κ3) is 5.40. The van der Waals surface area contributed by atoms with Gasteiger partial charge in [-0.25, -0.2) is 13.2 Å². The highest BCUT2D eigenvalue weighted by molar-refractivity contribution is 8.00. The molecule has 1 aromatic heterocycles. The first-order chi connectivity index (χ1) is 16.6. The van der Waals surface area contributed by atoms with Gasteiger partial charge in [0.15, 0.2) is 0 Å². The zero-order valence-corrected chi connectivity index (χ0v) is 19.0. The van der Waals surface area contributed by atoms with Crippen molar-refractivity contribution in [2.75, 3.05) is 24.2 Å². The van der Waals surface area contributed by atoms with Crippen molar-refractivity contribution in [1.82, 2.24) is 25.6 Å². The Balaban J connectivity index is 1.27. The van der Waals surface area contributed by atoms with E-state index in [9.17, 15) is 27.6 Å². The standard InChI is InChI=1S/C21H20F3N7O3S/c22-15-2-1-13(5-12(15)6-25)27-17(32)9-35-14-3-4-31(8-14)19(34)18(33)28-20(10-21(23,24)11-20)16-7-26-30-29-16/h1-2,5,7,14H,3-4,8-11H2,(H,27,32)(H,28,33)(H,26,29,30). The van der Waals surface area contributed by atoms with Gasteiger partial charge in [0.2, 0.25) is 5.91 Å². The Bertz CT molecular complexity index is 1180. The molecule has 1 saturated heterocycles. The van der Waals surface area contributed by atoms with Gasteiger partial charge in [-0.1, -0.05) is 0 Å². The second kappa shape index (κ2) is 9.57. The number of aromatic nitrogens is 3. The van der Waals surface area contributed by atoms with Crippen LogP contribution in [0.3, 0.4) is 0 Å². The normalized spacial score (nSPS) is 19.9. The maximum absolute atomic E-state index is 13.6. The van der Waals surface area contributed by atoms with Crippen LogP contribution >= 0.6 is 11.8 Å². The van der Waals surface area contributed by atoms with Crippen LogP contribution in [0, 0.1) is 17.1 Å². The molecule has 2 aromatic rings. The third-order valence-corrected chi connectivity index (χ3v) is 7.11. The van der Waals surface area contributed by atoms with E-state index in [0.717, 1.165) is 6.07 Å². The van der Waals surface area contributed by atoms with E-state index in [-0.39, 0.29) is 46.9 Å². The number of halogens is 3. The first-order valence-corrected chi connectivity index (χ1v) is 11.6. The molecule has 1 saturated carbocycles. The van der Waals surface area contributed by atoms with Crippen molar-refractivity contribution in [2.24, 2.45) is 0 Å². The summed E-state index contributed by atoms with van der Waals surface area (Å²) in [4.78, 5) is 38.7. The lowest BCUT2D eigenvalue weighted by Gasteiger charge is -2.46. The van der Waals surface area contributed by atoms with Crippen LogP contribution in [-0.2, 0) is 19.9 Å². The van der Waals surface area contributed by atoms with Gasteiger partial charge in [-0.2, -0.15) is 20.7 Å². The van der Waals surface area contributed by atoms with Gasteiger partial charge in [0.05, 0.1) is 23.1 Å². The van der Waals surface area contributed by atoms with E-state index in [1.54, 1.807) is 6.07 Å². The van der Waals surface area contributed by atoms with Crippen molar-refractivity contribution in [3.63, 3.8) is 0 Å². The number of nitrogens with zero attached hydrogens (tertiary/aromatic N) is 4. The highest BCUT2D eigenvalue weighted by atomic mass is 32.2. The average molecular weight is 507 g/mol. The second-order valence-corrected chi connectivity index (χ2v) is 9.72. The summed E-state index contributed by atoms with van der Waals surface area (Å²) in [5, 5.41) is 23.5. The summed E-state index contributed by atoms with van der Waals surface area (Å²) in [7, 11) is 0. The molecule has 1 aliphatic carbocycles. The fourth-order valence-corrected chi connectivity index (χ4v) is 5.16. The number of benzene rings is 1. The maximum Gasteiger partial charge on any atom is 0.311 e. The number of carbonyl (C=O) groups excluding carboxylic acids is 3. The predicted molar refractivity (Wildman–Crippen MR) is 118 cm³/mol. The zero-order chi connectivity index (χ0) is 25.2. The van der Waals surface area contributed by atoms with Crippen LogP contribution in [0.1, 0.15) is 30.5 Å². The number of hydrogen-bond donors (Lipinski definition) is 3. The quantitative estimate of drug-likeness (QED) is 0.503. The van der Waals surface area contributed by atoms with Crippen molar-refractivity contribution in [3.05, 3.63) is 41.5 Å². The van der Waals surface area contributed by atoms with Crippen LogP contribution in [-0.4, -0.2) is 68.0 Å². The first-order valence-electron chi connectivity index (χ1n) is 10.6. The summed E-state index contributed by atoms with van der Waals surface area (Å²) in [5.41, 5.74) is -1.22. The summed E-state index contributed by atoms with van der Waals surface area (Å²) in [6.45, 7) is 0.495. The Morgan fingerprint density at radius 1 is 1.31 bits per heavy atom. The van der Waals surface area contributed by atoms with E-state index < -0.39 is 41.9 Å². The van der Waals surface area contributed by atoms with Gasteiger partial charge in [0, 0.05) is 36.9 Å². The Morgan fingerprint density at radius 2 is 2.09 bits per heavy atom. The van der Waals surface area contributed by atoms with Crippen molar-refractivity contribution in [3.8, 4) is 6.07 Å². The van der Waals surface area contributed by atoms with Crippen LogP contribution < -0.4 is 10.6 Å². The van der Waals surface area contributed by atoms with Crippen LogP contribution in [0.25, 0.3) is 0 Å². The van der Waals surface area contributed by atoms with E-state index in [1.165, 1.54) is 35.0 Å². The highest BCUT2D eigenvalue weighted by Crippen LogP contribution is 2.50. The molecule has 1 unspecified atom stereocenters. The number of hydrogen-bond acceptors (Lipinski definition) is 7. The predicted octanol–water partition coefficient (Wildman–Crippen LogP) is 1.53. The van der Waals surface area contributed by atoms with E-state index in [0.29, 0.717) is 6.42 Å². The number of thioether (sulfide) groups is 1. The number of alkyl halides is 2. The molecule has 0 spiro atoms. The van der Waals surface area contributed by atoms with Gasteiger partial charge in [0.1, 0.15) is 17.6 Å². The first kappa shape index (κ1) is 24.5. The number of rotatable bonds is 6. The highest BCUT2D eigenvalue weighted by Gasteiger charge is 2.60. The Labute approximate surface area is 201 Å². The number of likely N-dealkylation sites (tertiary alicyclic amines) is 1. The number of anilines is 1. The molecule has 1 aromatic carbocycles. The molecular formula is C21H20F3N7O3S. The van der Waals surface area contributed by atoms with Crippen molar-refractivity contribution in [2.45, 2.75) is 36.0 Å². The Kier molecular flexibility index (Phi) is 6.70. The van der Waals surface area contributed by atoms with E-state index in [1.807, 2.05) is 0 Å². The lowest BCUT2D eigenvalue weighted by molar-refractivity contribution is -0.159. The van der Waals surface area contributed by atoms with Gasteiger partial charge in [-0.3, -0.25) is 14.4 Å². The third-order valence-electron chi connectivity index (χ3n) is 5.83. The molecular weight excluding hydrogens is 487 g/mol. The molecule has 3 N–H and O–H groups in total. The van der Waals surface area contributed by atoms with Crippen molar-refractivity contribution < 1.29 is 27.6 Å². The van der Waals surface area contributed by atoms with E-state index in [4.69, 9.17) is 5.26 Å². The Morgan fingerprint density at radius 3 is 2.74 bits per heavy atom. The molecule has 0 bridgehead atoms.